The van der Waals surface area contributed by atoms with Crippen molar-refractivity contribution in [3.8, 4) is 0 Å². The summed E-state index contributed by atoms with van der Waals surface area (Å²) in [6.45, 7) is 1.97. The molecule has 0 radical (unpaired) electrons. The van der Waals surface area contributed by atoms with Gasteiger partial charge in [0.25, 0.3) is 11.5 Å². The fourth-order valence-corrected chi connectivity index (χ4v) is 3.35. The van der Waals surface area contributed by atoms with Crippen molar-refractivity contribution < 1.29 is 23.5 Å². The van der Waals surface area contributed by atoms with E-state index in [1.807, 2.05) is 0 Å². The first-order valence-electron chi connectivity index (χ1n) is 9.93. The number of thioether (sulfide) groups is 1. The van der Waals surface area contributed by atoms with Gasteiger partial charge in [0.1, 0.15) is 11.5 Å². The minimum absolute atomic E-state index is 0.0788. The third-order valence-electron chi connectivity index (χ3n) is 4.29. The maximum atomic E-state index is 13.0. The van der Waals surface area contributed by atoms with Crippen molar-refractivity contribution in [3.63, 3.8) is 0 Å². The topological polar surface area (TPSA) is 156 Å². The Morgan fingerprint density at radius 3 is 2.32 bits per heavy atom. The predicted molar refractivity (Wildman–Crippen MR) is 125 cm³/mol. The highest BCUT2D eigenvalue weighted by Crippen LogP contribution is 2.18. The molecule has 0 aliphatic carbocycles. The lowest BCUT2D eigenvalue weighted by Gasteiger charge is -2.09. The number of aromatic nitrogens is 2. The van der Waals surface area contributed by atoms with Crippen LogP contribution in [0.15, 0.2) is 58.5 Å². The largest absolute Gasteiger partial charge is 0.462 e. The highest BCUT2D eigenvalue weighted by Gasteiger charge is 2.15. The number of nitrogens with zero attached hydrogens (tertiary/aromatic N) is 1. The predicted octanol–water partition coefficient (Wildman–Crippen LogP) is 2.65. The first kappa shape index (κ1) is 24.5. The number of anilines is 3. The number of H-pyrrole nitrogens is 1. The number of carbonyl (C=O) groups excluding carboxylic acids is 3. The number of benzene rings is 2. The summed E-state index contributed by atoms with van der Waals surface area (Å²) in [7, 11) is 0. The minimum Gasteiger partial charge on any atom is -0.462 e. The molecule has 5 N–H and O–H groups in total. The molecule has 176 valence electrons. The van der Waals surface area contributed by atoms with Crippen molar-refractivity contribution in [2.24, 2.45) is 0 Å². The van der Waals surface area contributed by atoms with Gasteiger partial charge in [-0.15, -0.1) is 0 Å². The first-order chi connectivity index (χ1) is 16.3. The molecule has 12 heteroatoms. The molecule has 1 aromatic heterocycles. The lowest BCUT2D eigenvalue weighted by molar-refractivity contribution is -0.113. The standard InChI is InChI=1S/C22H20FN5O5S/c1-2-33-21(32)13-5-9-15(10-6-13)25-16(29)11-34-22-27-18(24)17(20(31)28-22)26-19(30)12-3-7-14(23)8-4-12/h3-10H,2,11H2,1H3,(H,25,29)(H,26,30)(H3,24,27,28,31). The van der Waals surface area contributed by atoms with E-state index in [-0.39, 0.29) is 40.5 Å². The van der Waals surface area contributed by atoms with Gasteiger partial charge in [-0.3, -0.25) is 19.4 Å². The van der Waals surface area contributed by atoms with E-state index in [0.717, 1.165) is 23.9 Å². The summed E-state index contributed by atoms with van der Waals surface area (Å²) < 4.78 is 17.9. The summed E-state index contributed by atoms with van der Waals surface area (Å²) >= 11 is 0.929. The minimum atomic E-state index is -0.708. The van der Waals surface area contributed by atoms with Crippen molar-refractivity contribution >= 4 is 46.7 Å². The van der Waals surface area contributed by atoms with Gasteiger partial charge in [-0.25, -0.2) is 14.2 Å². The zero-order valence-electron chi connectivity index (χ0n) is 17.9. The summed E-state index contributed by atoms with van der Waals surface area (Å²) in [5, 5.41) is 5.08. The van der Waals surface area contributed by atoms with Crippen molar-refractivity contribution in [3.05, 3.63) is 75.8 Å². The molecule has 3 rings (SSSR count). The van der Waals surface area contributed by atoms with Crippen LogP contribution in [0.25, 0.3) is 0 Å². The van der Waals surface area contributed by atoms with Gasteiger partial charge in [0, 0.05) is 11.3 Å². The Balaban J connectivity index is 1.58. The maximum Gasteiger partial charge on any atom is 0.338 e. The van der Waals surface area contributed by atoms with E-state index in [9.17, 15) is 23.6 Å². The third-order valence-corrected chi connectivity index (χ3v) is 5.16. The number of nitrogen functional groups attached to an aromatic ring is 1. The Bertz CT molecular complexity index is 1260. The zero-order chi connectivity index (χ0) is 24.7. The summed E-state index contributed by atoms with van der Waals surface area (Å²) in [6, 6.07) is 10.9. The third kappa shape index (κ3) is 6.42. The number of carbonyl (C=O) groups is 3. The number of aromatic amines is 1. The molecule has 0 unspecified atom stereocenters. The lowest BCUT2D eigenvalue weighted by Crippen LogP contribution is -2.23. The van der Waals surface area contributed by atoms with Crippen LogP contribution < -0.4 is 21.9 Å². The molecule has 0 bridgehead atoms. The number of rotatable bonds is 8. The van der Waals surface area contributed by atoms with Gasteiger partial charge < -0.3 is 21.1 Å². The van der Waals surface area contributed by atoms with E-state index in [2.05, 4.69) is 20.6 Å². The Morgan fingerprint density at radius 2 is 1.71 bits per heavy atom. The average molecular weight is 485 g/mol. The Morgan fingerprint density at radius 1 is 1.06 bits per heavy atom. The quantitative estimate of drug-likeness (QED) is 0.216. The van der Waals surface area contributed by atoms with E-state index in [4.69, 9.17) is 10.5 Å². The van der Waals surface area contributed by atoms with E-state index < -0.39 is 23.3 Å². The number of halogens is 1. The van der Waals surface area contributed by atoms with Crippen molar-refractivity contribution in [1.29, 1.82) is 0 Å². The van der Waals surface area contributed by atoms with Gasteiger partial charge in [-0.1, -0.05) is 11.8 Å². The van der Waals surface area contributed by atoms with Gasteiger partial charge in [0.05, 0.1) is 17.9 Å². The van der Waals surface area contributed by atoms with Crippen LogP contribution in [0, 0.1) is 5.82 Å². The number of ether oxygens (including phenoxy) is 1. The van der Waals surface area contributed by atoms with Crippen LogP contribution in [0.2, 0.25) is 0 Å². The molecule has 3 aromatic rings. The van der Waals surface area contributed by atoms with Gasteiger partial charge >= 0.3 is 5.97 Å². The molecule has 0 aliphatic heterocycles. The number of amides is 2. The van der Waals surface area contributed by atoms with Crippen molar-refractivity contribution in [2.45, 2.75) is 12.1 Å². The van der Waals surface area contributed by atoms with Crippen LogP contribution in [0.3, 0.4) is 0 Å². The van der Waals surface area contributed by atoms with Crippen LogP contribution in [0.4, 0.5) is 21.6 Å². The lowest BCUT2D eigenvalue weighted by atomic mass is 10.2. The number of hydrogen-bond acceptors (Lipinski definition) is 8. The van der Waals surface area contributed by atoms with E-state index in [1.54, 1.807) is 19.1 Å². The molecule has 10 nitrogen and oxygen atoms in total. The highest BCUT2D eigenvalue weighted by molar-refractivity contribution is 7.99. The first-order valence-corrected chi connectivity index (χ1v) is 10.9. The van der Waals surface area contributed by atoms with Gasteiger partial charge in [0.15, 0.2) is 11.0 Å². The summed E-state index contributed by atoms with van der Waals surface area (Å²) in [5.41, 5.74) is 5.80. The summed E-state index contributed by atoms with van der Waals surface area (Å²) in [6.07, 6.45) is 0. The van der Waals surface area contributed by atoms with Crippen LogP contribution in [-0.4, -0.2) is 40.1 Å². The molecule has 0 spiro atoms. The number of nitrogens with one attached hydrogen (secondary N) is 3. The Labute approximate surface area is 197 Å². The van der Waals surface area contributed by atoms with E-state index in [0.29, 0.717) is 11.3 Å². The second-order valence-corrected chi connectivity index (χ2v) is 7.69. The van der Waals surface area contributed by atoms with E-state index >= 15 is 0 Å². The highest BCUT2D eigenvalue weighted by atomic mass is 32.2. The fraction of sp³-hybridized carbons (Fsp3) is 0.136. The molecule has 2 amide bonds. The molecule has 2 aromatic carbocycles. The number of nitrogens with two attached hydrogens (primary N) is 1. The van der Waals surface area contributed by atoms with Crippen LogP contribution >= 0.6 is 11.8 Å². The number of hydrogen-bond donors (Lipinski definition) is 4. The van der Waals surface area contributed by atoms with Gasteiger partial charge in [-0.2, -0.15) is 0 Å². The molecule has 0 atom stereocenters. The zero-order valence-corrected chi connectivity index (χ0v) is 18.7. The van der Waals surface area contributed by atoms with Crippen LogP contribution in [-0.2, 0) is 9.53 Å². The fourth-order valence-electron chi connectivity index (χ4n) is 2.68. The van der Waals surface area contributed by atoms with Crippen molar-refractivity contribution in [2.75, 3.05) is 28.7 Å². The molecular weight excluding hydrogens is 465 g/mol. The molecule has 0 saturated heterocycles. The normalized spacial score (nSPS) is 10.4. The summed E-state index contributed by atoms with van der Waals surface area (Å²) in [4.78, 5) is 54.9. The second-order valence-electron chi connectivity index (χ2n) is 6.73. The average Bonchev–Trinajstić information content (AvgIpc) is 2.81. The smallest absolute Gasteiger partial charge is 0.338 e. The second kappa shape index (κ2) is 11.1. The van der Waals surface area contributed by atoms with Crippen LogP contribution in [0.5, 0.6) is 0 Å². The molecule has 0 fully saturated rings. The van der Waals surface area contributed by atoms with E-state index in [1.165, 1.54) is 24.3 Å². The Hall–Kier alpha value is -4.19. The molecule has 0 aliphatic rings. The van der Waals surface area contributed by atoms with Crippen LogP contribution in [0.1, 0.15) is 27.6 Å². The van der Waals surface area contributed by atoms with Gasteiger partial charge in [-0.05, 0) is 55.5 Å². The SMILES string of the molecule is CCOC(=O)c1ccc(NC(=O)CSc2nc(N)c(NC(=O)c3ccc(F)cc3)c(=O)[nH]2)cc1. The number of esters is 1. The maximum absolute atomic E-state index is 13.0. The molecule has 0 saturated carbocycles. The molecular formula is C22H20FN5O5S. The van der Waals surface area contributed by atoms with Crippen molar-refractivity contribution in [1.82, 2.24) is 9.97 Å². The molecule has 1 heterocycles. The summed E-state index contributed by atoms with van der Waals surface area (Å²) in [5.74, 6) is -2.34. The monoisotopic (exact) mass is 485 g/mol. The Kier molecular flexibility index (Phi) is 7.98. The van der Waals surface area contributed by atoms with Gasteiger partial charge in [0.2, 0.25) is 5.91 Å². The molecule has 34 heavy (non-hydrogen) atoms.